The van der Waals surface area contributed by atoms with Crippen molar-refractivity contribution in [1.29, 1.82) is 0 Å². The van der Waals surface area contributed by atoms with Gasteiger partial charge in [0.05, 0.1) is 18.7 Å². The minimum Gasteiger partial charge on any atom is -0.495 e. The van der Waals surface area contributed by atoms with Gasteiger partial charge in [0.2, 0.25) is 0 Å². The molecule has 0 amide bonds. The van der Waals surface area contributed by atoms with Crippen molar-refractivity contribution in [1.82, 2.24) is 14.8 Å². The molecule has 0 spiro atoms. The third kappa shape index (κ3) is 2.50. The number of para-hydroxylation sites is 2. The first-order valence-electron chi connectivity index (χ1n) is 6.54. The highest BCUT2D eigenvalue weighted by atomic mass is 35.5. The van der Waals surface area contributed by atoms with Gasteiger partial charge in [-0.25, -0.2) is 0 Å². The third-order valence-electron chi connectivity index (χ3n) is 3.21. The van der Waals surface area contributed by atoms with Crippen molar-refractivity contribution < 1.29 is 4.74 Å². The molecule has 106 valence electrons. The van der Waals surface area contributed by atoms with E-state index in [9.17, 15) is 0 Å². The Labute approximate surface area is 128 Å². The van der Waals surface area contributed by atoms with E-state index in [1.54, 1.807) is 7.11 Å². The maximum absolute atomic E-state index is 6.01. The molecule has 0 N–H and O–H groups in total. The van der Waals surface area contributed by atoms with E-state index in [0.717, 1.165) is 22.8 Å². The SMILES string of the molecule is COc1ccccc1-n1c(CCl)nnc1-c1ccccc1. The zero-order valence-corrected chi connectivity index (χ0v) is 12.3. The molecule has 0 atom stereocenters. The Kier molecular flexibility index (Phi) is 3.88. The van der Waals surface area contributed by atoms with Gasteiger partial charge in [0, 0.05) is 5.56 Å². The number of halogens is 1. The predicted molar refractivity (Wildman–Crippen MR) is 82.9 cm³/mol. The number of ether oxygens (including phenoxy) is 1. The highest BCUT2D eigenvalue weighted by Gasteiger charge is 2.17. The lowest BCUT2D eigenvalue weighted by molar-refractivity contribution is 0.412. The van der Waals surface area contributed by atoms with Crippen molar-refractivity contribution in [3.05, 3.63) is 60.4 Å². The fraction of sp³-hybridized carbons (Fsp3) is 0.125. The van der Waals surface area contributed by atoms with E-state index in [1.807, 2.05) is 59.2 Å². The van der Waals surface area contributed by atoms with E-state index in [0.29, 0.717) is 5.82 Å². The lowest BCUT2D eigenvalue weighted by Crippen LogP contribution is -2.03. The molecule has 3 rings (SSSR count). The average Bonchev–Trinajstić information content (AvgIpc) is 2.99. The van der Waals surface area contributed by atoms with Crippen molar-refractivity contribution in [3.63, 3.8) is 0 Å². The van der Waals surface area contributed by atoms with Gasteiger partial charge in [-0.15, -0.1) is 21.8 Å². The molecule has 3 aromatic rings. The van der Waals surface area contributed by atoms with Gasteiger partial charge in [-0.2, -0.15) is 0 Å². The highest BCUT2D eigenvalue weighted by molar-refractivity contribution is 6.16. The van der Waals surface area contributed by atoms with Crippen LogP contribution >= 0.6 is 11.6 Å². The van der Waals surface area contributed by atoms with Crippen LogP contribution in [0.25, 0.3) is 17.1 Å². The quantitative estimate of drug-likeness (QED) is 0.690. The van der Waals surface area contributed by atoms with Crippen LogP contribution in [-0.4, -0.2) is 21.9 Å². The molecule has 0 radical (unpaired) electrons. The van der Waals surface area contributed by atoms with Gasteiger partial charge in [0.25, 0.3) is 0 Å². The summed E-state index contributed by atoms with van der Waals surface area (Å²) in [5, 5.41) is 8.47. The summed E-state index contributed by atoms with van der Waals surface area (Å²) in [7, 11) is 1.64. The Morgan fingerprint density at radius 2 is 1.71 bits per heavy atom. The van der Waals surface area contributed by atoms with Gasteiger partial charge in [-0.1, -0.05) is 42.5 Å². The molecule has 5 heteroatoms. The summed E-state index contributed by atoms with van der Waals surface area (Å²) in [6.07, 6.45) is 0. The molecule has 0 aliphatic rings. The summed E-state index contributed by atoms with van der Waals surface area (Å²) in [6, 6.07) is 17.6. The van der Waals surface area contributed by atoms with Gasteiger partial charge in [0.1, 0.15) is 5.75 Å². The lowest BCUT2D eigenvalue weighted by Gasteiger charge is -2.13. The molecule has 0 aliphatic heterocycles. The van der Waals surface area contributed by atoms with E-state index >= 15 is 0 Å². The number of nitrogens with zero attached hydrogens (tertiary/aromatic N) is 3. The highest BCUT2D eigenvalue weighted by Crippen LogP contribution is 2.29. The van der Waals surface area contributed by atoms with E-state index in [-0.39, 0.29) is 5.88 Å². The van der Waals surface area contributed by atoms with Crippen LogP contribution < -0.4 is 4.74 Å². The molecule has 0 unspecified atom stereocenters. The van der Waals surface area contributed by atoms with Gasteiger partial charge in [0.15, 0.2) is 11.6 Å². The summed E-state index contributed by atoms with van der Waals surface area (Å²) in [5.74, 6) is 2.45. The first-order valence-corrected chi connectivity index (χ1v) is 7.07. The predicted octanol–water partition coefficient (Wildman–Crippen LogP) is 3.68. The Morgan fingerprint density at radius 3 is 2.43 bits per heavy atom. The summed E-state index contributed by atoms with van der Waals surface area (Å²) in [5.41, 5.74) is 1.85. The Hall–Kier alpha value is -2.33. The van der Waals surface area contributed by atoms with Crippen LogP contribution in [0.15, 0.2) is 54.6 Å². The number of methoxy groups -OCH3 is 1. The van der Waals surface area contributed by atoms with Crippen LogP contribution in [0.3, 0.4) is 0 Å². The maximum atomic E-state index is 6.01. The molecule has 1 aromatic heterocycles. The molecular formula is C16H14ClN3O. The average molecular weight is 300 g/mol. The second-order valence-electron chi connectivity index (χ2n) is 4.45. The summed E-state index contributed by atoms with van der Waals surface area (Å²) >= 11 is 6.01. The Bertz CT molecular complexity index is 740. The Balaban J connectivity index is 2.24. The van der Waals surface area contributed by atoms with Crippen molar-refractivity contribution in [2.75, 3.05) is 7.11 Å². The zero-order chi connectivity index (χ0) is 14.7. The van der Waals surface area contributed by atoms with Crippen LogP contribution in [0.5, 0.6) is 5.75 Å². The summed E-state index contributed by atoms with van der Waals surface area (Å²) in [6.45, 7) is 0. The molecule has 0 aliphatic carbocycles. The molecule has 4 nitrogen and oxygen atoms in total. The summed E-state index contributed by atoms with van der Waals surface area (Å²) < 4.78 is 7.37. The standard InChI is InChI=1S/C16H14ClN3O/c1-21-14-10-6-5-9-13(14)20-15(11-17)18-19-16(20)12-7-3-2-4-8-12/h2-10H,11H2,1H3. The fourth-order valence-corrected chi connectivity index (χ4v) is 2.42. The number of benzene rings is 2. The normalized spacial score (nSPS) is 10.6. The van der Waals surface area contributed by atoms with Crippen LogP contribution in [0.2, 0.25) is 0 Å². The van der Waals surface area contributed by atoms with E-state index in [2.05, 4.69) is 10.2 Å². The number of rotatable bonds is 4. The second kappa shape index (κ2) is 5.97. The molecule has 0 bridgehead atoms. The van der Waals surface area contributed by atoms with E-state index in [1.165, 1.54) is 0 Å². The second-order valence-corrected chi connectivity index (χ2v) is 4.71. The molecule has 21 heavy (non-hydrogen) atoms. The van der Waals surface area contributed by atoms with Crippen LogP contribution in [0.1, 0.15) is 5.82 Å². The van der Waals surface area contributed by atoms with Crippen molar-refractivity contribution in [3.8, 4) is 22.8 Å². The maximum Gasteiger partial charge on any atom is 0.168 e. The molecule has 1 heterocycles. The summed E-state index contributed by atoms with van der Waals surface area (Å²) in [4.78, 5) is 0. The topological polar surface area (TPSA) is 39.9 Å². The minimum absolute atomic E-state index is 0.276. The molecular weight excluding hydrogens is 286 g/mol. The van der Waals surface area contributed by atoms with Gasteiger partial charge in [-0.05, 0) is 12.1 Å². The first kappa shape index (κ1) is 13.6. The number of alkyl halides is 1. The number of hydrogen-bond acceptors (Lipinski definition) is 3. The minimum atomic E-state index is 0.276. The number of aromatic nitrogens is 3. The molecule has 0 saturated heterocycles. The van der Waals surface area contributed by atoms with Crippen molar-refractivity contribution in [2.45, 2.75) is 5.88 Å². The fourth-order valence-electron chi connectivity index (χ4n) is 2.24. The smallest absolute Gasteiger partial charge is 0.168 e. The van der Waals surface area contributed by atoms with Gasteiger partial charge < -0.3 is 4.74 Å². The lowest BCUT2D eigenvalue weighted by atomic mass is 10.2. The van der Waals surface area contributed by atoms with Gasteiger partial charge >= 0.3 is 0 Å². The largest absolute Gasteiger partial charge is 0.495 e. The van der Waals surface area contributed by atoms with E-state index in [4.69, 9.17) is 16.3 Å². The zero-order valence-electron chi connectivity index (χ0n) is 11.5. The van der Waals surface area contributed by atoms with Crippen molar-refractivity contribution >= 4 is 11.6 Å². The van der Waals surface area contributed by atoms with E-state index < -0.39 is 0 Å². The monoisotopic (exact) mass is 299 g/mol. The van der Waals surface area contributed by atoms with Gasteiger partial charge in [-0.3, -0.25) is 4.57 Å². The molecule has 0 fully saturated rings. The molecule has 2 aromatic carbocycles. The molecule has 0 saturated carbocycles. The Morgan fingerprint density at radius 1 is 1.00 bits per heavy atom. The van der Waals surface area contributed by atoms with Crippen LogP contribution in [0.4, 0.5) is 0 Å². The third-order valence-corrected chi connectivity index (χ3v) is 3.45. The van der Waals surface area contributed by atoms with Crippen LogP contribution in [-0.2, 0) is 5.88 Å². The van der Waals surface area contributed by atoms with Crippen molar-refractivity contribution in [2.24, 2.45) is 0 Å². The number of hydrogen-bond donors (Lipinski definition) is 0. The van der Waals surface area contributed by atoms with Crippen LogP contribution in [0, 0.1) is 0 Å². The first-order chi connectivity index (χ1) is 10.3.